The number of carbonyl (C=O) groups excluding carboxylic acids is 2. The molecule has 108 valence electrons. The van der Waals surface area contributed by atoms with Gasteiger partial charge in [0.2, 0.25) is 5.91 Å². The molecule has 1 heterocycles. The van der Waals surface area contributed by atoms with Crippen molar-refractivity contribution >= 4 is 28.2 Å². The first-order valence-electron chi connectivity index (χ1n) is 7.07. The summed E-state index contributed by atoms with van der Waals surface area (Å²) in [5.41, 5.74) is 3.36. The summed E-state index contributed by atoms with van der Waals surface area (Å²) in [5.74, 6) is -0.140. The van der Waals surface area contributed by atoms with Crippen LogP contribution in [0.3, 0.4) is 0 Å². The van der Waals surface area contributed by atoms with E-state index >= 15 is 0 Å². The Morgan fingerprint density at radius 3 is 2.86 bits per heavy atom. The second kappa shape index (κ2) is 6.18. The van der Waals surface area contributed by atoms with Crippen LogP contribution in [-0.4, -0.2) is 16.7 Å². The highest BCUT2D eigenvalue weighted by molar-refractivity contribution is 7.13. The highest BCUT2D eigenvalue weighted by Crippen LogP contribution is 2.23. The van der Waals surface area contributed by atoms with Crippen LogP contribution in [0, 0.1) is 0 Å². The molecule has 2 aromatic rings. The van der Waals surface area contributed by atoms with Crippen LogP contribution in [0.15, 0.2) is 29.8 Å². The van der Waals surface area contributed by atoms with E-state index in [1.165, 1.54) is 28.9 Å². The summed E-state index contributed by atoms with van der Waals surface area (Å²) in [6.45, 7) is 0. The molecule has 1 aliphatic carbocycles. The van der Waals surface area contributed by atoms with Gasteiger partial charge in [-0.15, -0.1) is 11.3 Å². The third-order valence-corrected chi connectivity index (χ3v) is 4.37. The zero-order valence-electron chi connectivity index (χ0n) is 11.6. The van der Waals surface area contributed by atoms with Crippen LogP contribution in [0.1, 0.15) is 40.7 Å². The van der Waals surface area contributed by atoms with Gasteiger partial charge in [0.1, 0.15) is 0 Å². The molecule has 0 bridgehead atoms. The predicted molar refractivity (Wildman–Crippen MR) is 82.8 cm³/mol. The van der Waals surface area contributed by atoms with Crippen molar-refractivity contribution < 1.29 is 9.59 Å². The van der Waals surface area contributed by atoms with Gasteiger partial charge in [-0.3, -0.25) is 9.59 Å². The SMILES string of the molecule is O=C(CCC(=O)c1ccc2c(c1)CCC2)Nc1nccs1. The molecule has 0 fully saturated rings. The van der Waals surface area contributed by atoms with E-state index in [2.05, 4.69) is 10.3 Å². The smallest absolute Gasteiger partial charge is 0.226 e. The van der Waals surface area contributed by atoms with Gasteiger partial charge < -0.3 is 5.32 Å². The molecule has 1 aromatic heterocycles. The van der Waals surface area contributed by atoms with E-state index in [9.17, 15) is 9.59 Å². The molecule has 21 heavy (non-hydrogen) atoms. The van der Waals surface area contributed by atoms with E-state index in [1.807, 2.05) is 18.2 Å². The number of aromatic nitrogens is 1. The van der Waals surface area contributed by atoms with E-state index in [0.717, 1.165) is 18.4 Å². The zero-order chi connectivity index (χ0) is 14.7. The quantitative estimate of drug-likeness (QED) is 0.862. The number of anilines is 1. The van der Waals surface area contributed by atoms with E-state index in [-0.39, 0.29) is 24.5 Å². The number of fused-ring (bicyclic) bond motifs is 1. The summed E-state index contributed by atoms with van der Waals surface area (Å²) in [5, 5.41) is 5.06. The fourth-order valence-corrected chi connectivity index (χ4v) is 3.13. The number of aryl methyl sites for hydroxylation is 2. The van der Waals surface area contributed by atoms with Gasteiger partial charge >= 0.3 is 0 Å². The van der Waals surface area contributed by atoms with Crippen LogP contribution in [0.4, 0.5) is 5.13 Å². The number of nitrogens with one attached hydrogen (secondary N) is 1. The summed E-state index contributed by atoms with van der Waals surface area (Å²) in [7, 11) is 0. The number of hydrogen-bond donors (Lipinski definition) is 1. The Bertz CT molecular complexity index is 665. The number of thiazole rings is 1. The average Bonchev–Trinajstić information content (AvgIpc) is 3.14. The topological polar surface area (TPSA) is 59.1 Å². The lowest BCUT2D eigenvalue weighted by molar-refractivity contribution is -0.116. The fraction of sp³-hybridized carbons (Fsp3) is 0.312. The lowest BCUT2D eigenvalue weighted by atomic mass is 10.0. The van der Waals surface area contributed by atoms with Crippen LogP contribution < -0.4 is 5.32 Å². The Kier molecular flexibility index (Phi) is 4.10. The van der Waals surface area contributed by atoms with E-state index in [4.69, 9.17) is 0 Å². The third-order valence-electron chi connectivity index (χ3n) is 3.68. The molecule has 5 heteroatoms. The second-order valence-corrected chi connectivity index (χ2v) is 6.04. The van der Waals surface area contributed by atoms with Gasteiger partial charge in [0.15, 0.2) is 10.9 Å². The third kappa shape index (κ3) is 3.36. The van der Waals surface area contributed by atoms with E-state index < -0.39 is 0 Å². The van der Waals surface area contributed by atoms with Gasteiger partial charge in [-0.1, -0.05) is 12.1 Å². The molecule has 0 unspecified atom stereocenters. The van der Waals surface area contributed by atoms with E-state index in [0.29, 0.717) is 5.13 Å². The highest BCUT2D eigenvalue weighted by atomic mass is 32.1. The molecule has 1 aliphatic rings. The van der Waals surface area contributed by atoms with Gasteiger partial charge in [0.05, 0.1) is 0 Å². The Balaban J connectivity index is 1.55. The van der Waals surface area contributed by atoms with Gasteiger partial charge in [0.25, 0.3) is 0 Å². The normalized spacial score (nSPS) is 13.0. The number of carbonyl (C=O) groups is 2. The van der Waals surface area contributed by atoms with Gasteiger partial charge in [-0.05, 0) is 36.5 Å². The fourth-order valence-electron chi connectivity index (χ4n) is 2.58. The maximum absolute atomic E-state index is 12.2. The molecular formula is C16H16N2O2S. The summed E-state index contributed by atoms with van der Waals surface area (Å²) in [6.07, 6.45) is 5.39. The molecule has 1 amide bonds. The largest absolute Gasteiger partial charge is 0.302 e. The minimum atomic E-state index is -0.167. The minimum Gasteiger partial charge on any atom is -0.302 e. The molecule has 4 nitrogen and oxygen atoms in total. The molecule has 1 N–H and O–H groups in total. The molecule has 0 aliphatic heterocycles. The number of Topliss-reactive ketones (excluding diaryl/α,β-unsaturated/α-hetero) is 1. The van der Waals surface area contributed by atoms with Crippen LogP contribution in [0.25, 0.3) is 0 Å². The standard InChI is InChI=1S/C16H16N2O2S/c19-14(6-7-15(20)18-16-17-8-9-21-16)13-5-4-11-2-1-3-12(11)10-13/h4-5,8-10H,1-3,6-7H2,(H,17,18,20). The average molecular weight is 300 g/mol. The predicted octanol–water partition coefficient (Wildman–Crippen LogP) is 3.23. The monoisotopic (exact) mass is 300 g/mol. The summed E-state index contributed by atoms with van der Waals surface area (Å²) in [6, 6.07) is 5.92. The molecular weight excluding hydrogens is 284 g/mol. The molecule has 0 spiro atoms. The highest BCUT2D eigenvalue weighted by Gasteiger charge is 2.15. The van der Waals surface area contributed by atoms with E-state index in [1.54, 1.807) is 11.6 Å². The number of benzene rings is 1. The Hall–Kier alpha value is -2.01. The first-order valence-corrected chi connectivity index (χ1v) is 7.95. The lowest BCUT2D eigenvalue weighted by Crippen LogP contribution is -2.13. The maximum Gasteiger partial charge on any atom is 0.226 e. The first-order chi connectivity index (χ1) is 10.2. The van der Waals surface area contributed by atoms with Crippen LogP contribution in [0.5, 0.6) is 0 Å². The summed E-state index contributed by atoms with van der Waals surface area (Å²) >= 11 is 1.37. The Morgan fingerprint density at radius 1 is 1.19 bits per heavy atom. The van der Waals surface area contributed by atoms with Crippen molar-refractivity contribution in [1.29, 1.82) is 0 Å². The molecule has 0 atom stereocenters. The molecule has 0 radical (unpaired) electrons. The first kappa shape index (κ1) is 13.9. The van der Waals surface area contributed by atoms with Crippen molar-refractivity contribution in [2.24, 2.45) is 0 Å². The van der Waals surface area contributed by atoms with Crippen LogP contribution in [0.2, 0.25) is 0 Å². The van der Waals surface area contributed by atoms with Crippen molar-refractivity contribution in [1.82, 2.24) is 4.98 Å². The van der Waals surface area contributed by atoms with Crippen molar-refractivity contribution in [3.8, 4) is 0 Å². The van der Waals surface area contributed by atoms with Crippen molar-refractivity contribution in [2.75, 3.05) is 5.32 Å². The van der Waals surface area contributed by atoms with Crippen LogP contribution in [-0.2, 0) is 17.6 Å². The van der Waals surface area contributed by atoms with Gasteiger partial charge in [-0.2, -0.15) is 0 Å². The molecule has 0 saturated carbocycles. The number of amides is 1. The Labute approximate surface area is 127 Å². The Morgan fingerprint density at radius 2 is 2.05 bits per heavy atom. The number of nitrogens with zero attached hydrogens (tertiary/aromatic N) is 1. The lowest BCUT2D eigenvalue weighted by Gasteiger charge is -2.05. The number of hydrogen-bond acceptors (Lipinski definition) is 4. The second-order valence-electron chi connectivity index (χ2n) is 5.15. The van der Waals surface area contributed by atoms with Crippen molar-refractivity contribution in [3.63, 3.8) is 0 Å². The molecule has 1 aromatic carbocycles. The van der Waals surface area contributed by atoms with Crippen molar-refractivity contribution in [3.05, 3.63) is 46.5 Å². The van der Waals surface area contributed by atoms with Crippen LogP contribution >= 0.6 is 11.3 Å². The molecule has 3 rings (SSSR count). The van der Waals surface area contributed by atoms with Crippen molar-refractivity contribution in [2.45, 2.75) is 32.1 Å². The summed E-state index contributed by atoms with van der Waals surface area (Å²) in [4.78, 5) is 27.9. The zero-order valence-corrected chi connectivity index (χ0v) is 12.4. The number of rotatable bonds is 5. The molecule has 0 saturated heterocycles. The maximum atomic E-state index is 12.2. The van der Waals surface area contributed by atoms with Gasteiger partial charge in [-0.25, -0.2) is 4.98 Å². The summed E-state index contributed by atoms with van der Waals surface area (Å²) < 4.78 is 0. The van der Waals surface area contributed by atoms with Gasteiger partial charge in [0, 0.05) is 30.0 Å². The minimum absolute atomic E-state index is 0.0268. The number of ketones is 1.